The molecule has 1 amide bonds. The van der Waals surface area contributed by atoms with Crippen molar-refractivity contribution >= 4 is 11.7 Å². The van der Waals surface area contributed by atoms with Gasteiger partial charge in [0.2, 0.25) is 5.91 Å². The van der Waals surface area contributed by atoms with Crippen molar-refractivity contribution in [1.82, 2.24) is 4.90 Å². The molecule has 1 heterocycles. The van der Waals surface area contributed by atoms with Crippen molar-refractivity contribution in [3.63, 3.8) is 0 Å². The number of ketones is 1. The second kappa shape index (κ2) is 6.96. The van der Waals surface area contributed by atoms with Crippen molar-refractivity contribution in [1.29, 1.82) is 0 Å². The lowest BCUT2D eigenvalue weighted by molar-refractivity contribution is -0.133. The smallest absolute Gasteiger partial charge is 0.228 e. The average molecular weight is 341 g/mol. The molecule has 0 N–H and O–H groups in total. The van der Waals surface area contributed by atoms with Crippen LogP contribution >= 0.6 is 0 Å². The Hall–Kier alpha value is -3.20. The Morgan fingerprint density at radius 1 is 0.846 bits per heavy atom. The minimum atomic E-state index is -0.588. The van der Waals surface area contributed by atoms with E-state index in [1.807, 2.05) is 84.9 Å². The van der Waals surface area contributed by atoms with Crippen LogP contribution in [-0.2, 0) is 17.8 Å². The van der Waals surface area contributed by atoms with Gasteiger partial charge in [0.05, 0.1) is 6.42 Å². The second-order valence-corrected chi connectivity index (χ2v) is 6.52. The van der Waals surface area contributed by atoms with Gasteiger partial charge in [-0.2, -0.15) is 0 Å². The standard InChI is InChI=1S/C23H19NO2/c25-21-15-19-13-7-8-14-20(19)22(23(26)18-11-5-2-6-12-18)24(21)16-17-9-3-1-4-10-17/h1-14,22H,15-16H2. The first kappa shape index (κ1) is 16.3. The molecule has 0 radical (unpaired) electrons. The maximum absolute atomic E-state index is 13.3. The van der Waals surface area contributed by atoms with Crippen LogP contribution in [0.4, 0.5) is 0 Å². The maximum Gasteiger partial charge on any atom is 0.228 e. The highest BCUT2D eigenvalue weighted by atomic mass is 16.2. The van der Waals surface area contributed by atoms with Gasteiger partial charge >= 0.3 is 0 Å². The van der Waals surface area contributed by atoms with E-state index in [4.69, 9.17) is 0 Å². The molecule has 1 aliphatic rings. The molecule has 3 aromatic rings. The Morgan fingerprint density at radius 2 is 1.46 bits per heavy atom. The van der Waals surface area contributed by atoms with E-state index in [9.17, 15) is 9.59 Å². The predicted octanol–water partition coefficient (Wildman–Crippen LogP) is 4.20. The van der Waals surface area contributed by atoms with Crippen molar-refractivity contribution in [2.45, 2.75) is 19.0 Å². The van der Waals surface area contributed by atoms with Crippen LogP contribution in [0.5, 0.6) is 0 Å². The molecule has 0 bridgehead atoms. The third-order valence-electron chi connectivity index (χ3n) is 4.83. The fraction of sp³-hybridized carbons (Fsp3) is 0.130. The number of Topliss-reactive ketones (excluding diaryl/α,β-unsaturated/α-hetero) is 1. The molecule has 3 aromatic carbocycles. The van der Waals surface area contributed by atoms with Crippen LogP contribution in [0, 0.1) is 0 Å². The highest BCUT2D eigenvalue weighted by Crippen LogP contribution is 2.34. The molecule has 4 rings (SSSR count). The third kappa shape index (κ3) is 3.04. The minimum Gasteiger partial charge on any atom is -0.324 e. The van der Waals surface area contributed by atoms with E-state index in [0.29, 0.717) is 18.5 Å². The van der Waals surface area contributed by atoms with Crippen LogP contribution in [0.15, 0.2) is 84.9 Å². The lowest BCUT2D eigenvalue weighted by Crippen LogP contribution is -2.43. The van der Waals surface area contributed by atoms with Crippen molar-refractivity contribution in [2.75, 3.05) is 0 Å². The zero-order valence-electron chi connectivity index (χ0n) is 14.3. The summed E-state index contributed by atoms with van der Waals surface area (Å²) in [7, 11) is 0. The zero-order chi connectivity index (χ0) is 17.9. The van der Waals surface area contributed by atoms with Crippen molar-refractivity contribution in [3.8, 4) is 0 Å². The number of carbonyl (C=O) groups is 2. The summed E-state index contributed by atoms with van der Waals surface area (Å²) in [5.74, 6) is -0.0520. The number of hydrogen-bond acceptors (Lipinski definition) is 2. The van der Waals surface area contributed by atoms with Crippen molar-refractivity contribution in [2.24, 2.45) is 0 Å². The molecule has 0 fully saturated rings. The molecule has 1 unspecified atom stereocenters. The molecule has 0 aromatic heterocycles. The molecular formula is C23H19NO2. The van der Waals surface area contributed by atoms with Crippen molar-refractivity contribution in [3.05, 3.63) is 107 Å². The zero-order valence-corrected chi connectivity index (χ0v) is 14.3. The van der Waals surface area contributed by atoms with E-state index in [-0.39, 0.29) is 11.7 Å². The van der Waals surface area contributed by atoms with Crippen LogP contribution in [0.2, 0.25) is 0 Å². The molecule has 1 aliphatic heterocycles. The number of hydrogen-bond donors (Lipinski definition) is 0. The first-order valence-corrected chi connectivity index (χ1v) is 8.74. The molecule has 3 heteroatoms. The molecule has 3 nitrogen and oxygen atoms in total. The van der Waals surface area contributed by atoms with Crippen LogP contribution in [0.1, 0.15) is 33.1 Å². The first-order chi connectivity index (χ1) is 12.7. The van der Waals surface area contributed by atoms with Gasteiger partial charge in [0, 0.05) is 12.1 Å². The summed E-state index contributed by atoms with van der Waals surface area (Å²) in [6.07, 6.45) is 0.335. The lowest BCUT2D eigenvalue weighted by atomic mass is 9.87. The fourth-order valence-corrected chi connectivity index (χ4v) is 3.54. The summed E-state index contributed by atoms with van der Waals surface area (Å²) in [6, 6.07) is 26.2. The predicted molar refractivity (Wildman–Crippen MR) is 101 cm³/mol. The molecule has 1 atom stereocenters. The van der Waals surface area contributed by atoms with E-state index < -0.39 is 6.04 Å². The van der Waals surface area contributed by atoms with Gasteiger partial charge in [0.25, 0.3) is 0 Å². The van der Waals surface area contributed by atoms with E-state index >= 15 is 0 Å². The highest BCUT2D eigenvalue weighted by molar-refractivity contribution is 6.03. The topological polar surface area (TPSA) is 37.4 Å². The van der Waals surface area contributed by atoms with E-state index in [1.165, 1.54) is 0 Å². The molecule has 0 aliphatic carbocycles. The summed E-state index contributed by atoms with van der Waals surface area (Å²) >= 11 is 0. The van der Waals surface area contributed by atoms with Crippen molar-refractivity contribution < 1.29 is 9.59 Å². The van der Waals surface area contributed by atoms with Gasteiger partial charge in [-0.3, -0.25) is 9.59 Å². The van der Waals surface area contributed by atoms with Gasteiger partial charge in [0.15, 0.2) is 5.78 Å². The normalized spacial score (nSPS) is 16.2. The Kier molecular flexibility index (Phi) is 4.36. The number of amides is 1. The summed E-state index contributed by atoms with van der Waals surface area (Å²) < 4.78 is 0. The number of rotatable bonds is 4. The Balaban J connectivity index is 1.78. The number of benzene rings is 3. The molecule has 128 valence electrons. The Morgan fingerprint density at radius 3 is 2.19 bits per heavy atom. The number of fused-ring (bicyclic) bond motifs is 1. The lowest BCUT2D eigenvalue weighted by Gasteiger charge is -2.36. The van der Waals surface area contributed by atoms with Gasteiger partial charge in [-0.25, -0.2) is 0 Å². The van der Waals surface area contributed by atoms with Gasteiger partial charge in [0.1, 0.15) is 6.04 Å². The van der Waals surface area contributed by atoms with E-state index in [0.717, 1.165) is 16.7 Å². The van der Waals surface area contributed by atoms with E-state index in [1.54, 1.807) is 4.90 Å². The quantitative estimate of drug-likeness (QED) is 0.667. The van der Waals surface area contributed by atoms with Gasteiger partial charge in [-0.15, -0.1) is 0 Å². The largest absolute Gasteiger partial charge is 0.324 e. The summed E-state index contributed by atoms with van der Waals surface area (Å²) in [5.41, 5.74) is 3.51. The van der Waals surface area contributed by atoms with Gasteiger partial charge < -0.3 is 4.90 Å². The molecule has 26 heavy (non-hydrogen) atoms. The monoisotopic (exact) mass is 341 g/mol. The highest BCUT2D eigenvalue weighted by Gasteiger charge is 2.37. The molecule has 0 spiro atoms. The first-order valence-electron chi connectivity index (χ1n) is 8.74. The molecule has 0 saturated carbocycles. The van der Waals surface area contributed by atoms with Crippen LogP contribution in [0.3, 0.4) is 0 Å². The van der Waals surface area contributed by atoms with Crippen LogP contribution in [-0.4, -0.2) is 16.6 Å². The fourth-order valence-electron chi connectivity index (χ4n) is 3.54. The minimum absolute atomic E-state index is 0.0122. The molecular weight excluding hydrogens is 322 g/mol. The van der Waals surface area contributed by atoms with Crippen LogP contribution < -0.4 is 0 Å². The third-order valence-corrected chi connectivity index (χ3v) is 4.83. The number of nitrogens with zero attached hydrogens (tertiary/aromatic N) is 1. The summed E-state index contributed by atoms with van der Waals surface area (Å²) in [5, 5.41) is 0. The summed E-state index contributed by atoms with van der Waals surface area (Å²) in [6.45, 7) is 0.428. The molecule has 0 saturated heterocycles. The van der Waals surface area contributed by atoms with E-state index in [2.05, 4.69) is 0 Å². The summed E-state index contributed by atoms with van der Waals surface area (Å²) in [4.78, 5) is 27.9. The number of carbonyl (C=O) groups excluding carboxylic acids is 2. The van der Waals surface area contributed by atoms with Gasteiger partial charge in [-0.05, 0) is 16.7 Å². The van der Waals surface area contributed by atoms with Crippen LogP contribution in [0.25, 0.3) is 0 Å². The Bertz CT molecular complexity index is 935. The Labute approximate surface area is 152 Å². The SMILES string of the molecule is O=C(c1ccccc1)C1c2ccccc2CC(=O)N1Cc1ccccc1. The van der Waals surface area contributed by atoms with Gasteiger partial charge in [-0.1, -0.05) is 84.9 Å². The average Bonchev–Trinajstić information content (AvgIpc) is 2.69. The maximum atomic E-state index is 13.3. The second-order valence-electron chi connectivity index (χ2n) is 6.52.